The number of nitrogens with two attached hydrogens (primary N) is 1. The van der Waals surface area contributed by atoms with Gasteiger partial charge in [-0.15, -0.1) is 0 Å². The summed E-state index contributed by atoms with van der Waals surface area (Å²) in [5.41, 5.74) is 8.09. The number of H-pyrrole nitrogens is 1. The second kappa shape index (κ2) is 8.77. The van der Waals surface area contributed by atoms with Crippen LogP contribution in [0.2, 0.25) is 0 Å². The van der Waals surface area contributed by atoms with Crippen LogP contribution >= 0.6 is 0 Å². The summed E-state index contributed by atoms with van der Waals surface area (Å²) >= 11 is 0. The van der Waals surface area contributed by atoms with Gasteiger partial charge in [0.05, 0.1) is 6.33 Å². The summed E-state index contributed by atoms with van der Waals surface area (Å²) < 4.78 is 0. The van der Waals surface area contributed by atoms with E-state index in [0.29, 0.717) is 12.5 Å². The molecule has 0 aliphatic rings. The molecular weight excluding hydrogens is 290 g/mol. The van der Waals surface area contributed by atoms with E-state index in [9.17, 15) is 0 Å². The van der Waals surface area contributed by atoms with E-state index in [-0.39, 0.29) is 0 Å². The first-order valence-corrected chi connectivity index (χ1v) is 7.80. The predicted molar refractivity (Wildman–Crippen MR) is 93.6 cm³/mol. The third-order valence-electron chi connectivity index (χ3n) is 3.48. The van der Waals surface area contributed by atoms with Gasteiger partial charge in [0.25, 0.3) is 0 Å². The number of aromatic nitrogens is 3. The average Bonchev–Trinajstić information content (AvgIpc) is 3.05. The first kappa shape index (κ1) is 16.8. The molecule has 0 fully saturated rings. The molecular formula is C16H25N7. The molecule has 2 aromatic heterocycles. The molecule has 124 valence electrons. The third-order valence-corrected chi connectivity index (χ3v) is 3.48. The fourth-order valence-corrected chi connectivity index (χ4v) is 2.11. The van der Waals surface area contributed by atoms with E-state index in [4.69, 9.17) is 5.73 Å². The molecule has 0 aliphatic heterocycles. The number of rotatable bonds is 8. The van der Waals surface area contributed by atoms with Crippen LogP contribution in [0, 0.1) is 6.92 Å². The first-order valence-electron chi connectivity index (χ1n) is 7.80. The van der Waals surface area contributed by atoms with Gasteiger partial charge in [-0.25, -0.2) is 9.97 Å². The van der Waals surface area contributed by atoms with Crippen molar-refractivity contribution in [2.24, 2.45) is 10.7 Å². The first-order chi connectivity index (χ1) is 11.1. The van der Waals surface area contributed by atoms with Crippen LogP contribution in [0.3, 0.4) is 0 Å². The normalized spacial score (nSPS) is 11.5. The molecule has 0 radical (unpaired) electrons. The molecule has 2 heterocycles. The zero-order valence-electron chi connectivity index (χ0n) is 13.8. The molecule has 0 unspecified atom stereocenters. The summed E-state index contributed by atoms with van der Waals surface area (Å²) in [4.78, 5) is 17.9. The number of hydrogen-bond donors (Lipinski definition) is 3. The zero-order valence-corrected chi connectivity index (χ0v) is 13.8. The van der Waals surface area contributed by atoms with Crippen molar-refractivity contribution in [3.63, 3.8) is 0 Å². The van der Waals surface area contributed by atoms with Gasteiger partial charge in [0.2, 0.25) is 0 Å². The second-order valence-electron chi connectivity index (χ2n) is 5.49. The van der Waals surface area contributed by atoms with Crippen LogP contribution in [0.15, 0.2) is 35.8 Å². The Balaban J connectivity index is 1.62. The fraction of sp³-hybridized carbons (Fsp3) is 0.438. The average molecular weight is 315 g/mol. The third kappa shape index (κ3) is 5.98. The molecule has 0 saturated heterocycles. The van der Waals surface area contributed by atoms with Crippen molar-refractivity contribution in [1.82, 2.24) is 20.3 Å². The Morgan fingerprint density at radius 3 is 2.96 bits per heavy atom. The lowest BCUT2D eigenvalue weighted by molar-refractivity contribution is 0.775. The Kier molecular flexibility index (Phi) is 6.40. The van der Waals surface area contributed by atoms with E-state index >= 15 is 0 Å². The van der Waals surface area contributed by atoms with E-state index in [1.165, 1.54) is 5.56 Å². The highest BCUT2D eigenvalue weighted by atomic mass is 15.2. The van der Waals surface area contributed by atoms with Gasteiger partial charge in [-0.05, 0) is 25.0 Å². The Labute approximate surface area is 137 Å². The van der Waals surface area contributed by atoms with Gasteiger partial charge < -0.3 is 20.9 Å². The summed E-state index contributed by atoms with van der Waals surface area (Å²) in [5, 5.41) is 3.10. The number of pyridine rings is 1. The molecule has 23 heavy (non-hydrogen) atoms. The van der Waals surface area contributed by atoms with Crippen LogP contribution < -0.4 is 16.0 Å². The number of hydrogen-bond acceptors (Lipinski definition) is 4. The molecule has 4 N–H and O–H groups in total. The highest BCUT2D eigenvalue weighted by Crippen LogP contribution is 2.09. The Hall–Kier alpha value is -2.57. The van der Waals surface area contributed by atoms with Crippen LogP contribution in [0.1, 0.15) is 17.7 Å². The maximum Gasteiger partial charge on any atom is 0.188 e. The minimum absolute atomic E-state index is 0.487. The zero-order chi connectivity index (χ0) is 16.5. The SMILES string of the molecule is Cc1ccc(N(C)CCCN=C(N)NCCc2cnc[nH]2)nc1. The number of imidazole rings is 1. The van der Waals surface area contributed by atoms with Crippen LogP contribution in [0.25, 0.3) is 0 Å². The van der Waals surface area contributed by atoms with Crippen LogP contribution in [-0.4, -0.2) is 47.6 Å². The molecule has 2 rings (SSSR count). The van der Waals surface area contributed by atoms with E-state index in [2.05, 4.69) is 36.2 Å². The summed E-state index contributed by atoms with van der Waals surface area (Å²) in [6.07, 6.45) is 7.13. The lowest BCUT2D eigenvalue weighted by Crippen LogP contribution is -2.33. The fourth-order valence-electron chi connectivity index (χ4n) is 2.11. The Morgan fingerprint density at radius 2 is 2.26 bits per heavy atom. The maximum atomic E-state index is 5.84. The highest BCUT2D eigenvalue weighted by molar-refractivity contribution is 5.77. The van der Waals surface area contributed by atoms with Crippen molar-refractivity contribution < 1.29 is 0 Å². The molecule has 0 saturated carbocycles. The lowest BCUT2D eigenvalue weighted by Gasteiger charge is -2.17. The Morgan fingerprint density at radius 1 is 1.39 bits per heavy atom. The van der Waals surface area contributed by atoms with E-state index in [1.54, 1.807) is 6.33 Å². The standard InChI is InChI=1S/C16H25N7/c1-13-4-5-15(21-10-13)23(2)9-3-7-19-16(17)20-8-6-14-11-18-12-22-14/h4-5,10-12H,3,6-9H2,1-2H3,(H,18,22)(H3,17,19,20). The predicted octanol–water partition coefficient (Wildman–Crippen LogP) is 1.09. The summed E-state index contributed by atoms with van der Waals surface area (Å²) in [5.74, 6) is 1.46. The molecule has 0 aliphatic carbocycles. The van der Waals surface area contributed by atoms with Crippen molar-refractivity contribution >= 4 is 11.8 Å². The maximum absolute atomic E-state index is 5.84. The quantitative estimate of drug-likeness (QED) is 0.385. The van der Waals surface area contributed by atoms with E-state index in [1.807, 2.05) is 32.4 Å². The van der Waals surface area contributed by atoms with Gasteiger partial charge in [-0.2, -0.15) is 0 Å². The van der Waals surface area contributed by atoms with Crippen molar-refractivity contribution in [3.8, 4) is 0 Å². The Bertz CT molecular complexity index is 589. The van der Waals surface area contributed by atoms with Crippen LogP contribution in [0.4, 0.5) is 5.82 Å². The number of aromatic amines is 1. The van der Waals surface area contributed by atoms with E-state index in [0.717, 1.165) is 37.4 Å². The molecule has 7 heteroatoms. The van der Waals surface area contributed by atoms with Gasteiger partial charge >= 0.3 is 0 Å². The summed E-state index contributed by atoms with van der Waals surface area (Å²) in [7, 11) is 2.04. The van der Waals surface area contributed by atoms with Crippen LogP contribution in [0.5, 0.6) is 0 Å². The summed E-state index contributed by atoms with van der Waals surface area (Å²) in [6.45, 7) is 4.36. The number of aliphatic imine (C=N–C) groups is 1. The monoisotopic (exact) mass is 315 g/mol. The largest absolute Gasteiger partial charge is 0.370 e. The number of nitrogens with one attached hydrogen (secondary N) is 2. The molecule has 0 amide bonds. The van der Waals surface area contributed by atoms with Gasteiger partial charge in [0, 0.05) is 51.2 Å². The molecule has 2 aromatic rings. The molecule has 7 nitrogen and oxygen atoms in total. The van der Waals surface area contributed by atoms with Gasteiger partial charge in [0.15, 0.2) is 5.96 Å². The van der Waals surface area contributed by atoms with Crippen molar-refractivity contribution in [3.05, 3.63) is 42.1 Å². The molecule has 0 atom stereocenters. The van der Waals surface area contributed by atoms with Gasteiger partial charge in [-0.3, -0.25) is 4.99 Å². The molecule has 0 spiro atoms. The molecule has 0 aromatic carbocycles. The van der Waals surface area contributed by atoms with Crippen molar-refractivity contribution in [2.75, 3.05) is 31.6 Å². The lowest BCUT2D eigenvalue weighted by atomic mass is 10.3. The minimum atomic E-state index is 0.487. The van der Waals surface area contributed by atoms with Gasteiger partial charge in [0.1, 0.15) is 5.82 Å². The topological polar surface area (TPSA) is 95.2 Å². The smallest absolute Gasteiger partial charge is 0.188 e. The van der Waals surface area contributed by atoms with Crippen LogP contribution in [-0.2, 0) is 6.42 Å². The number of aryl methyl sites for hydroxylation is 1. The number of guanidine groups is 1. The van der Waals surface area contributed by atoms with Crippen molar-refractivity contribution in [1.29, 1.82) is 0 Å². The second-order valence-corrected chi connectivity index (χ2v) is 5.49. The number of anilines is 1. The number of nitrogens with zero attached hydrogens (tertiary/aromatic N) is 4. The van der Waals surface area contributed by atoms with E-state index < -0.39 is 0 Å². The summed E-state index contributed by atoms with van der Waals surface area (Å²) in [6, 6.07) is 4.10. The van der Waals surface area contributed by atoms with Crippen molar-refractivity contribution in [2.45, 2.75) is 19.8 Å². The van der Waals surface area contributed by atoms with Gasteiger partial charge in [-0.1, -0.05) is 6.07 Å². The highest BCUT2D eigenvalue weighted by Gasteiger charge is 2.01. The minimum Gasteiger partial charge on any atom is -0.370 e. The molecule has 0 bridgehead atoms.